The van der Waals surface area contributed by atoms with Crippen LogP contribution in [-0.2, 0) is 0 Å². The van der Waals surface area contributed by atoms with E-state index < -0.39 is 0 Å². The highest BCUT2D eigenvalue weighted by molar-refractivity contribution is 6.00. The first-order chi connectivity index (χ1) is 15.4. The Bertz CT molecular complexity index is 1330. The molecule has 0 spiro atoms. The van der Waals surface area contributed by atoms with Gasteiger partial charge in [-0.05, 0) is 59.0 Å². The molecule has 31 heavy (non-hydrogen) atoms. The van der Waals surface area contributed by atoms with Gasteiger partial charge in [0, 0.05) is 5.39 Å². The third-order valence-electron chi connectivity index (χ3n) is 5.07. The summed E-state index contributed by atoms with van der Waals surface area (Å²) < 4.78 is 6.15. The van der Waals surface area contributed by atoms with Gasteiger partial charge >= 0.3 is 0 Å². The van der Waals surface area contributed by atoms with Crippen molar-refractivity contribution >= 4 is 22.1 Å². The molecule has 0 unspecified atom stereocenters. The van der Waals surface area contributed by atoms with Crippen LogP contribution >= 0.6 is 0 Å². The van der Waals surface area contributed by atoms with Gasteiger partial charge in [0.25, 0.3) is 0 Å². The molecule has 3 nitrogen and oxygen atoms in total. The molecule has 5 aromatic carbocycles. The summed E-state index contributed by atoms with van der Waals surface area (Å²) in [5.74, 6) is 1.67. The molecule has 0 saturated heterocycles. The molecular weight excluding hydrogens is 380 g/mol. The number of azo groups is 1. The fourth-order valence-corrected chi connectivity index (χ4v) is 3.55. The minimum absolute atomic E-state index is 0.820. The van der Waals surface area contributed by atoms with Crippen molar-refractivity contribution in [2.45, 2.75) is 0 Å². The van der Waals surface area contributed by atoms with Crippen LogP contribution in [0.5, 0.6) is 11.5 Å². The van der Waals surface area contributed by atoms with Gasteiger partial charge in [0.05, 0.1) is 11.4 Å². The highest BCUT2D eigenvalue weighted by Crippen LogP contribution is 2.37. The summed E-state index contributed by atoms with van der Waals surface area (Å²) in [6, 6.07) is 40.2. The van der Waals surface area contributed by atoms with Crippen molar-refractivity contribution in [3.63, 3.8) is 0 Å². The van der Waals surface area contributed by atoms with Crippen molar-refractivity contribution in [2.75, 3.05) is 0 Å². The first-order valence-electron chi connectivity index (χ1n) is 10.2. The maximum atomic E-state index is 6.15. The Balaban J connectivity index is 1.46. The highest BCUT2D eigenvalue weighted by Gasteiger charge is 2.09. The molecule has 0 saturated carbocycles. The van der Waals surface area contributed by atoms with Crippen molar-refractivity contribution in [1.29, 1.82) is 0 Å². The number of hydrogen-bond donors (Lipinski definition) is 0. The minimum Gasteiger partial charge on any atom is -0.457 e. The molecule has 0 heterocycles. The summed E-state index contributed by atoms with van der Waals surface area (Å²) in [6.45, 7) is 0. The molecule has 0 bridgehead atoms. The van der Waals surface area contributed by atoms with Gasteiger partial charge < -0.3 is 4.74 Å². The van der Waals surface area contributed by atoms with E-state index in [9.17, 15) is 0 Å². The average molecular weight is 400 g/mol. The number of benzene rings is 5. The Morgan fingerprint density at radius 1 is 0.452 bits per heavy atom. The fraction of sp³-hybridized carbons (Fsp3) is 0. The predicted molar refractivity (Wildman–Crippen MR) is 127 cm³/mol. The number of fused-ring (bicyclic) bond motifs is 1. The number of hydrogen-bond acceptors (Lipinski definition) is 3. The standard InChI is InChI=1S/C28H20N2O/c1-3-9-22(10-4-1)29-30-23-17-15-21(16-18-23)25-19-20-28(27-14-8-7-13-26(25)27)31-24-11-5-2-6-12-24/h1-20H/b30-29+. The van der Waals surface area contributed by atoms with E-state index in [1.165, 1.54) is 0 Å². The molecule has 0 aliphatic rings. The van der Waals surface area contributed by atoms with Gasteiger partial charge in [0.15, 0.2) is 0 Å². The van der Waals surface area contributed by atoms with E-state index in [4.69, 9.17) is 4.74 Å². The summed E-state index contributed by atoms with van der Waals surface area (Å²) in [7, 11) is 0. The molecule has 0 aromatic heterocycles. The highest BCUT2D eigenvalue weighted by atomic mass is 16.5. The summed E-state index contributed by atoms with van der Waals surface area (Å²) in [5.41, 5.74) is 3.94. The van der Waals surface area contributed by atoms with Crippen molar-refractivity contribution in [3.05, 3.63) is 121 Å². The molecule has 0 N–H and O–H groups in total. The molecule has 0 amide bonds. The summed E-state index contributed by atoms with van der Waals surface area (Å²) in [6.07, 6.45) is 0. The van der Waals surface area contributed by atoms with Crippen LogP contribution in [0.2, 0.25) is 0 Å². The zero-order valence-corrected chi connectivity index (χ0v) is 16.8. The second kappa shape index (κ2) is 8.64. The normalized spacial score (nSPS) is 11.1. The SMILES string of the molecule is c1ccc(/N=N/c2ccc(-c3ccc(Oc4ccccc4)c4ccccc34)cc2)cc1. The van der Waals surface area contributed by atoms with Crippen molar-refractivity contribution < 1.29 is 4.74 Å². The van der Waals surface area contributed by atoms with Crippen LogP contribution in [-0.4, -0.2) is 0 Å². The van der Waals surface area contributed by atoms with Gasteiger partial charge in [-0.1, -0.05) is 78.9 Å². The second-order valence-electron chi connectivity index (χ2n) is 7.15. The molecule has 0 radical (unpaired) electrons. The lowest BCUT2D eigenvalue weighted by Gasteiger charge is -2.13. The third kappa shape index (κ3) is 4.21. The largest absolute Gasteiger partial charge is 0.457 e. The van der Waals surface area contributed by atoms with E-state index in [2.05, 4.69) is 46.6 Å². The lowest BCUT2D eigenvalue weighted by Crippen LogP contribution is -1.88. The van der Waals surface area contributed by atoms with Gasteiger partial charge in [-0.25, -0.2) is 0 Å². The van der Waals surface area contributed by atoms with Crippen LogP contribution < -0.4 is 4.74 Å². The number of ether oxygens (including phenoxy) is 1. The first-order valence-corrected chi connectivity index (χ1v) is 10.2. The van der Waals surface area contributed by atoms with E-state index in [1.54, 1.807) is 0 Å². The molecule has 0 aliphatic heterocycles. The van der Waals surface area contributed by atoms with Crippen LogP contribution in [0.1, 0.15) is 0 Å². The first kappa shape index (κ1) is 18.8. The van der Waals surface area contributed by atoms with E-state index in [-0.39, 0.29) is 0 Å². The topological polar surface area (TPSA) is 34.0 Å². The zero-order valence-electron chi connectivity index (χ0n) is 16.8. The van der Waals surface area contributed by atoms with Crippen LogP contribution in [0, 0.1) is 0 Å². The third-order valence-corrected chi connectivity index (χ3v) is 5.07. The summed E-state index contributed by atoms with van der Waals surface area (Å²) in [4.78, 5) is 0. The van der Waals surface area contributed by atoms with Crippen LogP contribution in [0.15, 0.2) is 132 Å². The van der Waals surface area contributed by atoms with Crippen molar-refractivity contribution in [1.82, 2.24) is 0 Å². The monoisotopic (exact) mass is 400 g/mol. The number of nitrogens with zero attached hydrogens (tertiary/aromatic N) is 2. The van der Waals surface area contributed by atoms with Gasteiger partial charge in [-0.2, -0.15) is 10.2 Å². The number of rotatable bonds is 5. The quantitative estimate of drug-likeness (QED) is 0.272. The van der Waals surface area contributed by atoms with Crippen molar-refractivity contribution in [2.24, 2.45) is 10.2 Å². The summed E-state index contributed by atoms with van der Waals surface area (Å²) >= 11 is 0. The van der Waals surface area contributed by atoms with Crippen LogP contribution in [0.4, 0.5) is 11.4 Å². The second-order valence-corrected chi connectivity index (χ2v) is 7.15. The molecular formula is C28H20N2O. The molecule has 5 aromatic rings. The van der Waals surface area contributed by atoms with Crippen molar-refractivity contribution in [3.8, 4) is 22.6 Å². The van der Waals surface area contributed by atoms with E-state index >= 15 is 0 Å². The summed E-state index contributed by atoms with van der Waals surface area (Å²) in [5, 5.41) is 10.9. The molecule has 0 aliphatic carbocycles. The lowest BCUT2D eigenvalue weighted by molar-refractivity contribution is 0.488. The molecule has 148 valence electrons. The van der Waals surface area contributed by atoms with E-state index in [1.807, 2.05) is 84.9 Å². The smallest absolute Gasteiger partial charge is 0.135 e. The Morgan fingerprint density at radius 2 is 1.03 bits per heavy atom. The van der Waals surface area contributed by atoms with Gasteiger partial charge in [0.1, 0.15) is 11.5 Å². The van der Waals surface area contributed by atoms with Crippen LogP contribution in [0.3, 0.4) is 0 Å². The van der Waals surface area contributed by atoms with Gasteiger partial charge in [-0.15, -0.1) is 0 Å². The van der Waals surface area contributed by atoms with Gasteiger partial charge in [-0.3, -0.25) is 0 Å². The Morgan fingerprint density at radius 3 is 1.74 bits per heavy atom. The molecule has 3 heteroatoms. The maximum absolute atomic E-state index is 6.15. The Kier molecular flexibility index (Phi) is 5.23. The van der Waals surface area contributed by atoms with Gasteiger partial charge in [0.2, 0.25) is 0 Å². The Labute approximate surface area is 181 Å². The molecule has 0 atom stereocenters. The fourth-order valence-electron chi connectivity index (χ4n) is 3.55. The number of para-hydroxylation sites is 1. The Hall–Kier alpha value is -4.24. The maximum Gasteiger partial charge on any atom is 0.135 e. The lowest BCUT2D eigenvalue weighted by atomic mass is 9.97. The van der Waals surface area contributed by atoms with Crippen LogP contribution in [0.25, 0.3) is 21.9 Å². The van der Waals surface area contributed by atoms with E-state index in [0.717, 1.165) is 44.8 Å². The zero-order chi connectivity index (χ0) is 20.9. The molecule has 5 rings (SSSR count). The minimum atomic E-state index is 0.820. The van der Waals surface area contributed by atoms with E-state index in [0.29, 0.717) is 0 Å². The molecule has 0 fully saturated rings. The average Bonchev–Trinajstić information content (AvgIpc) is 2.85. The predicted octanol–water partition coefficient (Wildman–Crippen LogP) is 8.71.